The van der Waals surface area contributed by atoms with Crippen LogP contribution in [0.3, 0.4) is 0 Å². The van der Waals surface area contributed by atoms with Crippen LogP contribution in [0.5, 0.6) is 0 Å². The van der Waals surface area contributed by atoms with Gasteiger partial charge in [0, 0.05) is 16.1 Å². The SMILES string of the molecule is Cc1ccc(NS(=O)(=O)c2ccc(C(C)C)cc2)c(C(=O)c2cccc(Cl)c2)c1. The molecule has 0 atom stereocenters. The Hall–Kier alpha value is -2.63. The molecule has 0 aromatic heterocycles. The maximum atomic E-state index is 13.0. The molecule has 0 unspecified atom stereocenters. The summed E-state index contributed by atoms with van der Waals surface area (Å²) in [5, 5.41) is 0.441. The van der Waals surface area contributed by atoms with E-state index < -0.39 is 10.0 Å². The van der Waals surface area contributed by atoms with Crippen LogP contribution in [0, 0.1) is 6.92 Å². The number of rotatable bonds is 6. The lowest BCUT2D eigenvalue weighted by Crippen LogP contribution is -2.16. The first-order chi connectivity index (χ1) is 13.7. The fraction of sp³-hybridized carbons (Fsp3) is 0.174. The van der Waals surface area contributed by atoms with Gasteiger partial charge in [0.2, 0.25) is 0 Å². The predicted octanol–water partition coefficient (Wildman–Crippen LogP) is 5.80. The number of carbonyl (C=O) groups excluding carboxylic acids is 1. The van der Waals surface area contributed by atoms with Crippen LogP contribution in [0.2, 0.25) is 5.02 Å². The Morgan fingerprint density at radius 3 is 2.28 bits per heavy atom. The zero-order valence-corrected chi connectivity index (χ0v) is 18.0. The number of hydrogen-bond acceptors (Lipinski definition) is 3. The van der Waals surface area contributed by atoms with Gasteiger partial charge in [0.1, 0.15) is 0 Å². The molecule has 0 heterocycles. The highest BCUT2D eigenvalue weighted by Crippen LogP contribution is 2.26. The molecule has 0 aliphatic rings. The number of aryl methyl sites for hydroxylation is 1. The molecule has 0 aliphatic carbocycles. The third-order valence-electron chi connectivity index (χ3n) is 4.61. The Kier molecular flexibility index (Phi) is 6.10. The van der Waals surface area contributed by atoms with Crippen molar-refractivity contribution < 1.29 is 13.2 Å². The summed E-state index contributed by atoms with van der Waals surface area (Å²) in [5.41, 5.74) is 2.80. The third kappa shape index (κ3) is 4.86. The summed E-state index contributed by atoms with van der Waals surface area (Å²) in [6.07, 6.45) is 0. The summed E-state index contributed by atoms with van der Waals surface area (Å²) in [5.74, 6) is 0.00258. The Morgan fingerprint density at radius 1 is 0.966 bits per heavy atom. The molecule has 4 nitrogen and oxygen atoms in total. The number of hydrogen-bond donors (Lipinski definition) is 1. The van der Waals surface area contributed by atoms with Crippen LogP contribution in [0.15, 0.2) is 71.6 Å². The number of benzene rings is 3. The van der Waals surface area contributed by atoms with E-state index in [1.165, 1.54) is 0 Å². The Morgan fingerprint density at radius 2 is 1.66 bits per heavy atom. The van der Waals surface area contributed by atoms with E-state index in [2.05, 4.69) is 4.72 Å². The second kappa shape index (κ2) is 8.39. The molecule has 0 amide bonds. The molecular formula is C23H22ClNO3S. The first-order valence-corrected chi connectivity index (χ1v) is 11.1. The molecule has 0 saturated carbocycles. The quantitative estimate of drug-likeness (QED) is 0.505. The number of anilines is 1. The number of ketones is 1. The molecule has 3 aromatic rings. The van der Waals surface area contributed by atoms with Crippen molar-refractivity contribution in [3.63, 3.8) is 0 Å². The first-order valence-electron chi connectivity index (χ1n) is 9.21. The maximum Gasteiger partial charge on any atom is 0.261 e. The summed E-state index contributed by atoms with van der Waals surface area (Å²) < 4.78 is 28.3. The van der Waals surface area contributed by atoms with Gasteiger partial charge in [0.05, 0.1) is 10.6 Å². The van der Waals surface area contributed by atoms with Crippen LogP contribution in [-0.4, -0.2) is 14.2 Å². The van der Waals surface area contributed by atoms with Crippen molar-refractivity contribution >= 4 is 33.1 Å². The number of halogens is 1. The summed E-state index contributed by atoms with van der Waals surface area (Å²) in [6, 6.07) is 18.4. The molecular weight excluding hydrogens is 406 g/mol. The van der Waals surface area contributed by atoms with E-state index >= 15 is 0 Å². The number of carbonyl (C=O) groups is 1. The van der Waals surface area contributed by atoms with Gasteiger partial charge in [-0.2, -0.15) is 0 Å². The van der Waals surface area contributed by atoms with Crippen molar-refractivity contribution in [1.29, 1.82) is 0 Å². The monoisotopic (exact) mass is 427 g/mol. The van der Waals surface area contributed by atoms with Crippen LogP contribution < -0.4 is 4.72 Å². The summed E-state index contributed by atoms with van der Waals surface area (Å²) in [7, 11) is -3.84. The minimum Gasteiger partial charge on any atom is -0.289 e. The van der Waals surface area contributed by atoms with Gasteiger partial charge in [0.15, 0.2) is 5.78 Å². The average molecular weight is 428 g/mol. The second-order valence-corrected chi connectivity index (χ2v) is 9.34. The molecule has 6 heteroatoms. The van der Waals surface area contributed by atoms with Crippen LogP contribution in [0.1, 0.15) is 46.8 Å². The van der Waals surface area contributed by atoms with Crippen molar-refractivity contribution in [2.45, 2.75) is 31.6 Å². The van der Waals surface area contributed by atoms with Gasteiger partial charge < -0.3 is 0 Å². The minimum absolute atomic E-state index is 0.142. The standard InChI is InChI=1S/C23H22ClNO3S/c1-15(2)17-8-10-20(11-9-17)29(27,28)25-22-12-7-16(3)13-21(22)23(26)18-5-4-6-19(24)14-18/h4-15,25H,1-3H3. The molecule has 0 radical (unpaired) electrons. The van der Waals surface area contributed by atoms with Crippen LogP contribution in [0.25, 0.3) is 0 Å². The normalized spacial score (nSPS) is 11.5. The highest BCUT2D eigenvalue weighted by atomic mass is 35.5. The van der Waals surface area contributed by atoms with Gasteiger partial charge >= 0.3 is 0 Å². The zero-order chi connectivity index (χ0) is 21.2. The molecule has 0 aliphatic heterocycles. The lowest BCUT2D eigenvalue weighted by molar-refractivity contribution is 0.103. The summed E-state index contributed by atoms with van der Waals surface area (Å²) in [4.78, 5) is 13.2. The smallest absolute Gasteiger partial charge is 0.261 e. The predicted molar refractivity (Wildman–Crippen MR) is 117 cm³/mol. The van der Waals surface area contributed by atoms with E-state index in [0.29, 0.717) is 16.5 Å². The molecule has 150 valence electrons. The van der Waals surface area contributed by atoms with E-state index in [1.807, 2.05) is 20.8 Å². The lowest BCUT2D eigenvalue weighted by Gasteiger charge is -2.14. The maximum absolute atomic E-state index is 13.0. The van der Waals surface area contributed by atoms with Gasteiger partial charge in [-0.15, -0.1) is 0 Å². The van der Waals surface area contributed by atoms with E-state index in [0.717, 1.165) is 11.1 Å². The summed E-state index contributed by atoms with van der Waals surface area (Å²) in [6.45, 7) is 5.93. The number of nitrogens with one attached hydrogen (secondary N) is 1. The first kappa shape index (κ1) is 21.1. The van der Waals surface area contributed by atoms with E-state index in [9.17, 15) is 13.2 Å². The molecule has 0 fully saturated rings. The topological polar surface area (TPSA) is 63.2 Å². The highest BCUT2D eigenvalue weighted by Gasteiger charge is 2.20. The fourth-order valence-corrected chi connectivity index (χ4v) is 4.23. The Bertz CT molecular complexity index is 1150. The van der Waals surface area contributed by atoms with E-state index in [4.69, 9.17) is 11.6 Å². The molecule has 0 saturated heterocycles. The van der Waals surface area contributed by atoms with Crippen LogP contribution >= 0.6 is 11.6 Å². The molecule has 29 heavy (non-hydrogen) atoms. The molecule has 0 spiro atoms. The lowest BCUT2D eigenvalue weighted by atomic mass is 10.00. The van der Waals surface area contributed by atoms with Gasteiger partial charge in [-0.3, -0.25) is 9.52 Å². The van der Waals surface area contributed by atoms with E-state index in [-0.39, 0.29) is 21.9 Å². The van der Waals surface area contributed by atoms with Gasteiger partial charge in [-0.1, -0.05) is 61.3 Å². The van der Waals surface area contributed by atoms with Gasteiger partial charge in [0.25, 0.3) is 10.0 Å². The zero-order valence-electron chi connectivity index (χ0n) is 16.4. The van der Waals surface area contributed by atoms with E-state index in [1.54, 1.807) is 66.7 Å². The van der Waals surface area contributed by atoms with Crippen molar-refractivity contribution in [2.75, 3.05) is 4.72 Å². The van der Waals surface area contributed by atoms with Gasteiger partial charge in [-0.05, 0) is 54.8 Å². The van der Waals surface area contributed by atoms with Crippen molar-refractivity contribution in [2.24, 2.45) is 0 Å². The minimum atomic E-state index is -3.84. The Balaban J connectivity index is 1.98. The Labute approximate surface area is 176 Å². The fourth-order valence-electron chi connectivity index (χ4n) is 2.96. The van der Waals surface area contributed by atoms with Crippen LogP contribution in [-0.2, 0) is 10.0 Å². The molecule has 1 N–H and O–H groups in total. The van der Waals surface area contributed by atoms with Crippen LogP contribution in [0.4, 0.5) is 5.69 Å². The molecule has 0 bridgehead atoms. The van der Waals surface area contributed by atoms with Crippen molar-refractivity contribution in [3.8, 4) is 0 Å². The van der Waals surface area contributed by atoms with Crippen molar-refractivity contribution in [1.82, 2.24) is 0 Å². The van der Waals surface area contributed by atoms with Crippen molar-refractivity contribution in [3.05, 3.63) is 94.0 Å². The molecule has 3 aromatic carbocycles. The average Bonchev–Trinajstić information content (AvgIpc) is 2.68. The highest BCUT2D eigenvalue weighted by molar-refractivity contribution is 7.92. The largest absolute Gasteiger partial charge is 0.289 e. The van der Waals surface area contributed by atoms with Gasteiger partial charge in [-0.25, -0.2) is 8.42 Å². The number of sulfonamides is 1. The third-order valence-corrected chi connectivity index (χ3v) is 6.22. The molecule has 3 rings (SSSR count). The second-order valence-electron chi connectivity index (χ2n) is 7.22. The summed E-state index contributed by atoms with van der Waals surface area (Å²) >= 11 is 6.01.